The molecule has 0 amide bonds. The second-order valence-electron chi connectivity index (χ2n) is 4.92. The maximum atomic E-state index is 6.25. The molecular formula is C16H18Br2N2. The van der Waals surface area contributed by atoms with E-state index < -0.39 is 0 Å². The lowest BCUT2D eigenvalue weighted by molar-refractivity contribution is 0.518. The molecule has 4 N–H and O–H groups in total. The van der Waals surface area contributed by atoms with Crippen LogP contribution < -0.4 is 11.5 Å². The molecule has 2 rings (SSSR count). The number of hydrogen-bond donors (Lipinski definition) is 2. The van der Waals surface area contributed by atoms with Gasteiger partial charge in [0.1, 0.15) is 0 Å². The van der Waals surface area contributed by atoms with Crippen molar-refractivity contribution >= 4 is 31.9 Å². The molecule has 2 aromatic carbocycles. The van der Waals surface area contributed by atoms with E-state index in [2.05, 4.69) is 44.0 Å². The van der Waals surface area contributed by atoms with Crippen molar-refractivity contribution in [2.24, 2.45) is 11.5 Å². The highest BCUT2D eigenvalue weighted by Gasteiger charge is 2.16. The van der Waals surface area contributed by atoms with Crippen LogP contribution in [0.15, 0.2) is 57.5 Å². The van der Waals surface area contributed by atoms with Crippen LogP contribution in [0.2, 0.25) is 0 Å². The van der Waals surface area contributed by atoms with Gasteiger partial charge in [0.2, 0.25) is 0 Å². The van der Waals surface area contributed by atoms with E-state index in [9.17, 15) is 0 Å². The van der Waals surface area contributed by atoms with Crippen LogP contribution in [0.5, 0.6) is 0 Å². The summed E-state index contributed by atoms with van der Waals surface area (Å²) in [5, 5.41) is 0. The summed E-state index contributed by atoms with van der Waals surface area (Å²) in [6.45, 7) is 0. The Morgan fingerprint density at radius 2 is 1.05 bits per heavy atom. The van der Waals surface area contributed by atoms with Gasteiger partial charge < -0.3 is 11.5 Å². The van der Waals surface area contributed by atoms with Gasteiger partial charge in [-0.25, -0.2) is 0 Å². The Hall–Kier alpha value is -0.680. The van der Waals surface area contributed by atoms with Crippen LogP contribution in [-0.2, 0) is 12.8 Å². The summed E-state index contributed by atoms with van der Waals surface area (Å²) in [7, 11) is 0. The Labute approximate surface area is 136 Å². The van der Waals surface area contributed by atoms with Crippen molar-refractivity contribution in [1.29, 1.82) is 0 Å². The molecule has 0 fully saturated rings. The minimum atomic E-state index is -0.0687. The zero-order chi connectivity index (χ0) is 14.5. The topological polar surface area (TPSA) is 52.0 Å². The monoisotopic (exact) mass is 396 g/mol. The molecule has 0 bridgehead atoms. The highest BCUT2D eigenvalue weighted by Crippen LogP contribution is 2.20. The van der Waals surface area contributed by atoms with E-state index in [1.807, 2.05) is 36.4 Å². The van der Waals surface area contributed by atoms with E-state index in [1.165, 1.54) is 11.1 Å². The van der Waals surface area contributed by atoms with Gasteiger partial charge in [0, 0.05) is 21.0 Å². The number of benzene rings is 2. The molecule has 0 heterocycles. The maximum Gasteiger partial charge on any atom is 0.0236 e. The summed E-state index contributed by atoms with van der Waals surface area (Å²) in [6, 6.07) is 16.1. The third kappa shape index (κ3) is 4.16. The number of hydrogen-bond acceptors (Lipinski definition) is 2. The molecule has 0 aliphatic rings. The number of halogens is 2. The third-order valence-electron chi connectivity index (χ3n) is 3.38. The molecule has 0 saturated carbocycles. The quantitative estimate of drug-likeness (QED) is 0.808. The second-order valence-corrected chi connectivity index (χ2v) is 6.63. The molecule has 0 aromatic heterocycles. The first-order chi connectivity index (χ1) is 9.58. The third-order valence-corrected chi connectivity index (χ3v) is 4.92. The first kappa shape index (κ1) is 15.7. The average Bonchev–Trinajstić information content (AvgIpc) is 2.43. The lowest BCUT2D eigenvalue weighted by Crippen LogP contribution is -2.44. The molecule has 0 aliphatic heterocycles. The minimum absolute atomic E-state index is 0.0687. The summed E-state index contributed by atoms with van der Waals surface area (Å²) in [6.07, 6.45) is 1.54. The van der Waals surface area contributed by atoms with Crippen molar-refractivity contribution < 1.29 is 0 Å². The van der Waals surface area contributed by atoms with E-state index in [4.69, 9.17) is 11.5 Å². The molecule has 0 aliphatic carbocycles. The summed E-state index contributed by atoms with van der Waals surface area (Å²) < 4.78 is 2.17. The van der Waals surface area contributed by atoms with E-state index in [0.717, 1.165) is 21.8 Å². The maximum absolute atomic E-state index is 6.25. The summed E-state index contributed by atoms with van der Waals surface area (Å²) >= 11 is 7.10. The van der Waals surface area contributed by atoms with Gasteiger partial charge in [0.25, 0.3) is 0 Å². The Balaban J connectivity index is 2.01. The van der Waals surface area contributed by atoms with Crippen LogP contribution in [0.1, 0.15) is 11.1 Å². The zero-order valence-electron chi connectivity index (χ0n) is 11.1. The van der Waals surface area contributed by atoms with E-state index in [-0.39, 0.29) is 12.1 Å². The lowest BCUT2D eigenvalue weighted by Gasteiger charge is -2.21. The van der Waals surface area contributed by atoms with Gasteiger partial charge in [-0.15, -0.1) is 0 Å². The summed E-state index contributed by atoms with van der Waals surface area (Å²) in [4.78, 5) is 0. The fraction of sp³-hybridized carbons (Fsp3) is 0.250. The molecule has 106 valence electrons. The fourth-order valence-corrected chi connectivity index (χ4v) is 3.03. The van der Waals surface area contributed by atoms with Gasteiger partial charge in [0.15, 0.2) is 0 Å². The molecule has 0 radical (unpaired) electrons. The van der Waals surface area contributed by atoms with Gasteiger partial charge in [0.05, 0.1) is 0 Å². The van der Waals surface area contributed by atoms with Gasteiger partial charge >= 0.3 is 0 Å². The predicted octanol–water partition coefficient (Wildman–Crippen LogP) is 3.65. The molecule has 2 unspecified atom stereocenters. The predicted molar refractivity (Wildman–Crippen MR) is 91.6 cm³/mol. The van der Waals surface area contributed by atoms with Crippen molar-refractivity contribution in [3.05, 3.63) is 68.6 Å². The van der Waals surface area contributed by atoms with Crippen LogP contribution in [0.4, 0.5) is 0 Å². The first-order valence-corrected chi connectivity index (χ1v) is 8.14. The van der Waals surface area contributed by atoms with Crippen LogP contribution >= 0.6 is 31.9 Å². The van der Waals surface area contributed by atoms with Gasteiger partial charge in [-0.1, -0.05) is 68.3 Å². The van der Waals surface area contributed by atoms with Crippen LogP contribution in [0, 0.1) is 0 Å². The summed E-state index contributed by atoms with van der Waals surface area (Å²) in [5.74, 6) is 0. The Morgan fingerprint density at radius 1 is 0.700 bits per heavy atom. The van der Waals surface area contributed by atoms with Crippen molar-refractivity contribution in [3.8, 4) is 0 Å². The van der Waals surface area contributed by atoms with Crippen molar-refractivity contribution in [3.63, 3.8) is 0 Å². The zero-order valence-corrected chi connectivity index (χ0v) is 14.3. The molecule has 2 nitrogen and oxygen atoms in total. The average molecular weight is 398 g/mol. The lowest BCUT2D eigenvalue weighted by atomic mass is 9.95. The van der Waals surface area contributed by atoms with E-state index >= 15 is 0 Å². The molecule has 2 atom stereocenters. The standard InChI is InChI=1S/C16H18Br2N2/c17-13-7-3-1-5-11(13)9-15(19)16(20)10-12-6-2-4-8-14(12)18/h1-8,15-16H,9-10,19-20H2. The summed E-state index contributed by atoms with van der Waals surface area (Å²) in [5.41, 5.74) is 14.9. The SMILES string of the molecule is NC(Cc1ccccc1Br)C(N)Cc1ccccc1Br. The Bertz CT molecular complexity index is 520. The molecular weight excluding hydrogens is 380 g/mol. The molecule has 0 spiro atoms. The molecule has 20 heavy (non-hydrogen) atoms. The number of nitrogens with two attached hydrogens (primary N) is 2. The fourth-order valence-electron chi connectivity index (χ4n) is 2.14. The van der Waals surface area contributed by atoms with E-state index in [0.29, 0.717) is 0 Å². The Kier molecular flexibility index (Phi) is 5.78. The Morgan fingerprint density at radius 3 is 1.40 bits per heavy atom. The van der Waals surface area contributed by atoms with Crippen LogP contribution in [-0.4, -0.2) is 12.1 Å². The highest BCUT2D eigenvalue weighted by molar-refractivity contribution is 9.10. The smallest absolute Gasteiger partial charge is 0.0236 e. The van der Waals surface area contributed by atoms with Gasteiger partial charge in [-0.2, -0.15) is 0 Å². The first-order valence-electron chi connectivity index (χ1n) is 6.56. The minimum Gasteiger partial charge on any atom is -0.326 e. The van der Waals surface area contributed by atoms with Gasteiger partial charge in [-0.3, -0.25) is 0 Å². The van der Waals surface area contributed by atoms with Crippen molar-refractivity contribution in [2.75, 3.05) is 0 Å². The molecule has 2 aromatic rings. The normalized spacial score (nSPS) is 14.0. The highest BCUT2D eigenvalue weighted by atomic mass is 79.9. The van der Waals surface area contributed by atoms with Crippen molar-refractivity contribution in [1.82, 2.24) is 0 Å². The van der Waals surface area contributed by atoms with Crippen LogP contribution in [0.25, 0.3) is 0 Å². The van der Waals surface area contributed by atoms with Crippen LogP contribution in [0.3, 0.4) is 0 Å². The largest absolute Gasteiger partial charge is 0.326 e. The molecule has 0 saturated heterocycles. The number of rotatable bonds is 5. The van der Waals surface area contributed by atoms with Gasteiger partial charge in [-0.05, 0) is 36.1 Å². The van der Waals surface area contributed by atoms with E-state index in [1.54, 1.807) is 0 Å². The molecule has 4 heteroatoms. The van der Waals surface area contributed by atoms with Crippen molar-refractivity contribution in [2.45, 2.75) is 24.9 Å². The second kappa shape index (κ2) is 7.36.